The number of nitrogens with one attached hydrogen (secondary N) is 1. The van der Waals surface area contributed by atoms with E-state index in [2.05, 4.69) is 5.32 Å². The van der Waals surface area contributed by atoms with Crippen LogP contribution in [0.15, 0.2) is 0 Å². The molecule has 1 N–H and O–H groups in total. The van der Waals surface area contributed by atoms with Gasteiger partial charge in [0.25, 0.3) is 0 Å². The molecule has 0 heterocycles. The van der Waals surface area contributed by atoms with Crippen LogP contribution in [0.5, 0.6) is 0 Å². The minimum absolute atomic E-state index is 0.268. The van der Waals surface area contributed by atoms with Crippen molar-refractivity contribution in [1.82, 2.24) is 5.32 Å². The van der Waals surface area contributed by atoms with Gasteiger partial charge in [-0.1, -0.05) is 6.42 Å². The van der Waals surface area contributed by atoms with E-state index >= 15 is 0 Å². The number of hydrogen-bond acceptors (Lipinski definition) is 1. The van der Waals surface area contributed by atoms with Crippen molar-refractivity contribution in [3.05, 3.63) is 0 Å². The van der Waals surface area contributed by atoms with Crippen molar-refractivity contribution < 1.29 is 0 Å². The first-order valence-electron chi connectivity index (χ1n) is 4.70. The Morgan fingerprint density at radius 2 is 1.92 bits per heavy atom. The van der Waals surface area contributed by atoms with E-state index in [1.807, 2.05) is 6.92 Å². The lowest BCUT2D eigenvalue weighted by atomic mass is 10.1. The maximum absolute atomic E-state index is 5.83. The maximum Gasteiger partial charge on any atom is 0.0377 e. The highest BCUT2D eigenvalue weighted by atomic mass is 35.5. The normalized spacial score (nSPS) is 15.7. The molecule has 4 heteroatoms. The third-order valence-corrected chi connectivity index (χ3v) is 2.65. The fraction of sp³-hybridized carbons (Fsp3) is 1.00. The molecule has 0 aromatic rings. The molecule has 13 heavy (non-hydrogen) atoms. The Morgan fingerprint density at radius 1 is 1.23 bits per heavy atom. The van der Waals surface area contributed by atoms with Crippen LogP contribution in [0.1, 0.15) is 26.2 Å². The molecule has 2 unspecified atom stereocenters. The monoisotopic (exact) mass is 245 g/mol. The summed E-state index contributed by atoms with van der Waals surface area (Å²) in [4.78, 5) is 0. The van der Waals surface area contributed by atoms with Gasteiger partial charge in [0.05, 0.1) is 0 Å². The summed E-state index contributed by atoms with van der Waals surface area (Å²) < 4.78 is 0. The molecule has 80 valence electrons. The zero-order valence-corrected chi connectivity index (χ0v) is 10.3. The van der Waals surface area contributed by atoms with Crippen LogP contribution in [0.3, 0.4) is 0 Å². The average molecular weight is 247 g/mol. The molecule has 0 aliphatic carbocycles. The smallest absolute Gasteiger partial charge is 0.0377 e. The highest BCUT2D eigenvalue weighted by Gasteiger charge is 2.06. The van der Waals surface area contributed by atoms with Gasteiger partial charge >= 0.3 is 0 Å². The molecular formula is C9H18Cl3N. The van der Waals surface area contributed by atoms with Crippen LogP contribution in [0.2, 0.25) is 0 Å². The van der Waals surface area contributed by atoms with Gasteiger partial charge in [-0.2, -0.15) is 0 Å². The third-order valence-electron chi connectivity index (χ3n) is 1.87. The largest absolute Gasteiger partial charge is 0.312 e. The minimum atomic E-state index is 0.268. The van der Waals surface area contributed by atoms with Gasteiger partial charge in [0.15, 0.2) is 0 Å². The van der Waals surface area contributed by atoms with Gasteiger partial charge in [0.2, 0.25) is 0 Å². The van der Waals surface area contributed by atoms with E-state index < -0.39 is 0 Å². The summed E-state index contributed by atoms with van der Waals surface area (Å²) in [6.45, 7) is 2.85. The van der Waals surface area contributed by atoms with Gasteiger partial charge in [-0.05, 0) is 19.8 Å². The summed E-state index contributed by atoms with van der Waals surface area (Å²) >= 11 is 17.2. The number of hydrogen-bond donors (Lipinski definition) is 1. The van der Waals surface area contributed by atoms with E-state index in [0.29, 0.717) is 17.8 Å². The van der Waals surface area contributed by atoms with E-state index in [1.165, 1.54) is 0 Å². The molecule has 0 radical (unpaired) electrons. The molecule has 0 saturated carbocycles. The minimum Gasteiger partial charge on any atom is -0.312 e. The molecule has 1 nitrogen and oxygen atoms in total. The zero-order valence-electron chi connectivity index (χ0n) is 8.03. The van der Waals surface area contributed by atoms with Gasteiger partial charge in [-0.25, -0.2) is 0 Å². The highest BCUT2D eigenvalue weighted by molar-refractivity contribution is 6.20. The molecule has 0 rings (SSSR count). The Labute approximate surface area is 96.1 Å². The van der Waals surface area contributed by atoms with E-state index in [4.69, 9.17) is 34.8 Å². The maximum atomic E-state index is 5.83. The topological polar surface area (TPSA) is 12.0 Å². The molecule has 0 aliphatic rings. The molecule has 0 saturated heterocycles. The second-order valence-corrected chi connectivity index (χ2v) is 4.64. The molecule has 0 fully saturated rings. The van der Waals surface area contributed by atoms with Gasteiger partial charge in [0, 0.05) is 29.7 Å². The first-order valence-corrected chi connectivity index (χ1v) is 6.20. The molecule has 0 amide bonds. The van der Waals surface area contributed by atoms with Crippen molar-refractivity contribution in [2.24, 2.45) is 0 Å². The fourth-order valence-electron chi connectivity index (χ4n) is 1.14. The Bertz CT molecular complexity index is 109. The second kappa shape index (κ2) is 9.39. The lowest BCUT2D eigenvalue weighted by molar-refractivity contribution is 0.506. The lowest BCUT2D eigenvalue weighted by Gasteiger charge is -2.15. The Kier molecular flexibility index (Phi) is 9.99. The van der Waals surface area contributed by atoms with Crippen molar-refractivity contribution >= 4 is 34.8 Å². The molecule has 0 aromatic heterocycles. The quantitative estimate of drug-likeness (QED) is 0.649. The van der Waals surface area contributed by atoms with Gasteiger partial charge in [0.1, 0.15) is 0 Å². The molecule has 0 bridgehead atoms. The van der Waals surface area contributed by atoms with Crippen molar-refractivity contribution in [2.75, 3.05) is 18.3 Å². The zero-order chi connectivity index (χ0) is 10.1. The van der Waals surface area contributed by atoms with Crippen molar-refractivity contribution in [3.8, 4) is 0 Å². The lowest BCUT2D eigenvalue weighted by Crippen LogP contribution is -2.32. The van der Waals surface area contributed by atoms with Gasteiger partial charge in [-0.3, -0.25) is 0 Å². The molecular weight excluding hydrogens is 228 g/mol. The molecule has 0 aromatic carbocycles. The first-order chi connectivity index (χ1) is 6.20. The third kappa shape index (κ3) is 9.14. The van der Waals surface area contributed by atoms with Gasteiger partial charge in [-0.15, -0.1) is 34.8 Å². The van der Waals surface area contributed by atoms with Crippen LogP contribution >= 0.6 is 34.8 Å². The van der Waals surface area contributed by atoms with Crippen LogP contribution in [0, 0.1) is 0 Å². The van der Waals surface area contributed by atoms with Gasteiger partial charge < -0.3 is 5.32 Å². The van der Waals surface area contributed by atoms with Crippen molar-refractivity contribution in [1.29, 1.82) is 0 Å². The van der Waals surface area contributed by atoms with Crippen molar-refractivity contribution in [3.63, 3.8) is 0 Å². The number of alkyl halides is 3. The summed E-state index contributed by atoms with van der Waals surface area (Å²) in [5, 5.41) is 3.55. The molecule has 0 aliphatic heterocycles. The Morgan fingerprint density at radius 3 is 2.38 bits per heavy atom. The van der Waals surface area contributed by atoms with Crippen LogP contribution < -0.4 is 5.32 Å². The summed E-state index contributed by atoms with van der Waals surface area (Å²) in [5.74, 6) is 1.28. The fourth-order valence-corrected chi connectivity index (χ4v) is 1.66. The number of rotatable bonds is 8. The van der Waals surface area contributed by atoms with E-state index in [9.17, 15) is 0 Å². The van der Waals surface area contributed by atoms with Crippen LogP contribution in [0.25, 0.3) is 0 Å². The molecule has 2 atom stereocenters. The van der Waals surface area contributed by atoms with E-state index in [1.54, 1.807) is 0 Å². The molecule has 0 spiro atoms. The Balaban J connectivity index is 3.36. The standard InChI is InChI=1S/C9H18Cl3N/c1-8(12)3-2-4-9(7-11)13-6-5-10/h8-9,13H,2-7H2,1H3. The second-order valence-electron chi connectivity index (χ2n) is 3.21. The number of halogens is 3. The predicted octanol–water partition coefficient (Wildman–Crippen LogP) is 3.22. The van der Waals surface area contributed by atoms with Crippen LogP contribution in [-0.2, 0) is 0 Å². The average Bonchev–Trinajstić information content (AvgIpc) is 2.10. The van der Waals surface area contributed by atoms with E-state index in [-0.39, 0.29) is 5.38 Å². The summed E-state index contributed by atoms with van der Waals surface area (Å²) in [6, 6.07) is 0.385. The summed E-state index contributed by atoms with van der Waals surface area (Å²) in [5.41, 5.74) is 0. The Hall–Kier alpha value is 0.830. The first kappa shape index (κ1) is 13.8. The van der Waals surface area contributed by atoms with E-state index in [0.717, 1.165) is 25.8 Å². The predicted molar refractivity (Wildman–Crippen MR) is 62.4 cm³/mol. The van der Waals surface area contributed by atoms with Crippen LogP contribution in [0.4, 0.5) is 0 Å². The summed E-state index contributed by atoms with van der Waals surface area (Å²) in [7, 11) is 0. The van der Waals surface area contributed by atoms with Crippen molar-refractivity contribution in [2.45, 2.75) is 37.6 Å². The summed E-state index contributed by atoms with van der Waals surface area (Å²) in [6.07, 6.45) is 3.26. The highest BCUT2D eigenvalue weighted by Crippen LogP contribution is 2.09. The SMILES string of the molecule is CC(Cl)CCCC(CCl)NCCCl. The van der Waals surface area contributed by atoms with Crippen LogP contribution in [-0.4, -0.2) is 29.7 Å².